The second-order valence-corrected chi connectivity index (χ2v) is 9.75. The van der Waals surface area contributed by atoms with E-state index in [-0.39, 0.29) is 23.7 Å². The van der Waals surface area contributed by atoms with Gasteiger partial charge in [0.25, 0.3) is 0 Å². The minimum Gasteiger partial charge on any atom is -0.472 e. The largest absolute Gasteiger partial charge is 0.472 e. The molecule has 3 rings (SSSR count). The van der Waals surface area contributed by atoms with Crippen LogP contribution in [0.15, 0.2) is 23.0 Å². The molecule has 1 amide bonds. The van der Waals surface area contributed by atoms with Crippen molar-refractivity contribution in [2.45, 2.75) is 37.8 Å². The first-order chi connectivity index (χ1) is 12.4. The maximum absolute atomic E-state index is 12.3. The third kappa shape index (κ3) is 5.31. The molecule has 1 aromatic rings. The Bertz CT molecular complexity index is 703. The summed E-state index contributed by atoms with van der Waals surface area (Å²) in [6.45, 7) is 4.59. The van der Waals surface area contributed by atoms with Gasteiger partial charge in [-0.3, -0.25) is 9.69 Å². The fraction of sp³-hybridized carbons (Fsp3) is 0.722. The van der Waals surface area contributed by atoms with E-state index in [1.165, 1.54) is 6.26 Å². The zero-order valence-electron chi connectivity index (χ0n) is 15.4. The lowest BCUT2D eigenvalue weighted by molar-refractivity contribution is -0.132. The number of amides is 1. The van der Waals surface area contributed by atoms with Gasteiger partial charge < -0.3 is 14.1 Å². The second-order valence-electron chi connectivity index (χ2n) is 7.49. The minimum absolute atomic E-state index is 0.0688. The molecule has 0 aromatic carbocycles. The van der Waals surface area contributed by atoms with Gasteiger partial charge in [-0.05, 0) is 25.3 Å². The summed E-state index contributed by atoms with van der Waals surface area (Å²) in [7, 11) is -3.11. The van der Waals surface area contributed by atoms with Crippen LogP contribution in [0.3, 0.4) is 0 Å². The Kier molecular flexibility index (Phi) is 6.04. The van der Waals surface area contributed by atoms with Gasteiger partial charge in [0, 0.05) is 51.0 Å². The minimum atomic E-state index is -3.11. The zero-order valence-corrected chi connectivity index (χ0v) is 16.2. The average molecular weight is 384 g/mol. The topological polar surface area (TPSA) is 80.1 Å². The number of carbonyl (C=O) groups excluding carboxylic acids is 1. The van der Waals surface area contributed by atoms with E-state index in [9.17, 15) is 13.2 Å². The lowest BCUT2D eigenvalue weighted by atomic mass is 9.92. The summed E-state index contributed by atoms with van der Waals surface area (Å²) in [5.41, 5.74) is 0.946. The molecule has 2 fully saturated rings. The van der Waals surface area contributed by atoms with E-state index in [0.717, 1.165) is 44.5 Å². The number of hydrogen-bond donors (Lipinski definition) is 0. The quantitative estimate of drug-likeness (QED) is 0.761. The molecule has 26 heavy (non-hydrogen) atoms. The van der Waals surface area contributed by atoms with Crippen molar-refractivity contribution in [1.82, 2.24) is 9.80 Å². The molecule has 8 heteroatoms. The summed E-state index contributed by atoms with van der Waals surface area (Å²) in [6, 6.07) is 1.98. The average Bonchev–Trinajstić information content (AvgIpc) is 3.00. The van der Waals surface area contributed by atoms with Gasteiger partial charge in [-0.1, -0.05) is 0 Å². The molecule has 2 aliphatic heterocycles. The number of hydrogen-bond acceptors (Lipinski definition) is 6. The maximum Gasteiger partial charge on any atom is 0.223 e. The number of sulfone groups is 1. The summed E-state index contributed by atoms with van der Waals surface area (Å²) in [5.74, 6) is -0.152. The summed E-state index contributed by atoms with van der Waals surface area (Å²) >= 11 is 0. The molecule has 1 atom stereocenters. The van der Waals surface area contributed by atoms with Crippen molar-refractivity contribution in [3.63, 3.8) is 0 Å². The van der Waals surface area contributed by atoms with E-state index in [2.05, 4.69) is 4.90 Å². The Morgan fingerprint density at radius 3 is 2.85 bits per heavy atom. The van der Waals surface area contributed by atoms with Crippen LogP contribution in [-0.4, -0.2) is 74.5 Å². The zero-order chi connectivity index (χ0) is 18.6. The SMILES string of the molecule is CS(=O)(=O)CCC(=O)N1CCCC2(CC1)CN(Cc1ccoc1)CCO2. The standard InChI is InChI=1S/C18H28N2O5S/c1-26(22,23)12-4-17(21)20-7-2-5-18(6-8-20)15-19(9-11-25-18)13-16-3-10-24-14-16/h3,10,14H,2,4-9,11-13,15H2,1H3. The normalized spacial score (nSPS) is 25.3. The summed E-state index contributed by atoms with van der Waals surface area (Å²) in [5, 5.41) is 0. The van der Waals surface area contributed by atoms with Crippen molar-refractivity contribution in [3.05, 3.63) is 24.2 Å². The van der Waals surface area contributed by atoms with Crippen LogP contribution >= 0.6 is 0 Å². The summed E-state index contributed by atoms with van der Waals surface area (Å²) in [4.78, 5) is 16.5. The lowest BCUT2D eigenvalue weighted by Crippen LogP contribution is -2.51. The first kappa shape index (κ1) is 19.4. The molecule has 0 aliphatic carbocycles. The molecular formula is C18H28N2O5S. The lowest BCUT2D eigenvalue weighted by Gasteiger charge is -2.42. The highest BCUT2D eigenvalue weighted by Crippen LogP contribution is 2.31. The Balaban J connectivity index is 1.55. The Morgan fingerprint density at radius 2 is 2.12 bits per heavy atom. The Morgan fingerprint density at radius 1 is 1.27 bits per heavy atom. The first-order valence-electron chi connectivity index (χ1n) is 9.18. The number of rotatable bonds is 5. The number of carbonyl (C=O) groups is 1. The van der Waals surface area contributed by atoms with Crippen molar-refractivity contribution in [2.24, 2.45) is 0 Å². The van der Waals surface area contributed by atoms with Gasteiger partial charge in [-0.25, -0.2) is 8.42 Å². The third-order valence-corrected chi connectivity index (χ3v) is 6.20. The number of nitrogens with zero attached hydrogens (tertiary/aromatic N) is 2. The highest BCUT2D eigenvalue weighted by molar-refractivity contribution is 7.90. The molecule has 0 bridgehead atoms. The molecule has 1 aromatic heterocycles. The molecular weight excluding hydrogens is 356 g/mol. The fourth-order valence-electron chi connectivity index (χ4n) is 3.85. The molecule has 0 saturated carbocycles. The molecule has 2 aliphatic rings. The van der Waals surface area contributed by atoms with E-state index in [1.807, 2.05) is 6.07 Å². The molecule has 146 valence electrons. The van der Waals surface area contributed by atoms with Gasteiger partial charge in [-0.2, -0.15) is 0 Å². The summed E-state index contributed by atoms with van der Waals surface area (Å²) < 4.78 is 33.9. The highest BCUT2D eigenvalue weighted by Gasteiger charge is 2.38. The highest BCUT2D eigenvalue weighted by atomic mass is 32.2. The fourth-order valence-corrected chi connectivity index (χ4v) is 4.39. The number of ether oxygens (including phenoxy) is 1. The van der Waals surface area contributed by atoms with E-state index in [0.29, 0.717) is 19.7 Å². The maximum atomic E-state index is 12.3. The summed E-state index contributed by atoms with van der Waals surface area (Å²) in [6.07, 6.45) is 7.30. The molecule has 0 N–H and O–H groups in total. The predicted molar refractivity (Wildman–Crippen MR) is 97.4 cm³/mol. The van der Waals surface area contributed by atoms with Gasteiger partial charge in [0.2, 0.25) is 5.91 Å². The van der Waals surface area contributed by atoms with Crippen molar-refractivity contribution in [3.8, 4) is 0 Å². The van der Waals surface area contributed by atoms with E-state index in [4.69, 9.17) is 9.15 Å². The van der Waals surface area contributed by atoms with Crippen LogP contribution in [-0.2, 0) is 25.9 Å². The van der Waals surface area contributed by atoms with E-state index < -0.39 is 9.84 Å². The van der Waals surface area contributed by atoms with Crippen LogP contribution in [0.4, 0.5) is 0 Å². The third-order valence-electron chi connectivity index (χ3n) is 5.25. The van der Waals surface area contributed by atoms with Gasteiger partial charge in [0.15, 0.2) is 0 Å². The van der Waals surface area contributed by atoms with Gasteiger partial charge in [0.1, 0.15) is 9.84 Å². The molecule has 3 heterocycles. The Hall–Kier alpha value is -1.38. The monoisotopic (exact) mass is 384 g/mol. The van der Waals surface area contributed by atoms with Crippen molar-refractivity contribution >= 4 is 15.7 Å². The van der Waals surface area contributed by atoms with Crippen LogP contribution in [0.25, 0.3) is 0 Å². The van der Waals surface area contributed by atoms with Crippen molar-refractivity contribution in [2.75, 3.05) is 44.8 Å². The molecule has 1 unspecified atom stereocenters. The predicted octanol–water partition coefficient (Wildman–Crippen LogP) is 1.30. The first-order valence-corrected chi connectivity index (χ1v) is 11.2. The second kappa shape index (κ2) is 8.10. The molecule has 1 spiro atoms. The Labute approximate surface area is 155 Å². The van der Waals surface area contributed by atoms with E-state index >= 15 is 0 Å². The van der Waals surface area contributed by atoms with Gasteiger partial charge in [-0.15, -0.1) is 0 Å². The molecule has 0 radical (unpaired) electrons. The van der Waals surface area contributed by atoms with E-state index in [1.54, 1.807) is 17.4 Å². The number of likely N-dealkylation sites (tertiary alicyclic amines) is 1. The molecule has 2 saturated heterocycles. The van der Waals surface area contributed by atoms with Crippen LogP contribution < -0.4 is 0 Å². The molecule has 7 nitrogen and oxygen atoms in total. The smallest absolute Gasteiger partial charge is 0.223 e. The van der Waals surface area contributed by atoms with Crippen molar-refractivity contribution < 1.29 is 22.4 Å². The van der Waals surface area contributed by atoms with Crippen LogP contribution in [0.1, 0.15) is 31.2 Å². The van der Waals surface area contributed by atoms with Crippen molar-refractivity contribution in [1.29, 1.82) is 0 Å². The number of furan rings is 1. The van der Waals surface area contributed by atoms with Crippen LogP contribution in [0.5, 0.6) is 0 Å². The number of morpholine rings is 1. The van der Waals surface area contributed by atoms with Gasteiger partial charge in [0.05, 0.1) is 30.5 Å². The van der Waals surface area contributed by atoms with Gasteiger partial charge >= 0.3 is 0 Å². The van der Waals surface area contributed by atoms with Crippen LogP contribution in [0, 0.1) is 0 Å². The van der Waals surface area contributed by atoms with Crippen LogP contribution in [0.2, 0.25) is 0 Å².